The second kappa shape index (κ2) is 3.34. The van der Waals surface area contributed by atoms with Gasteiger partial charge in [0.1, 0.15) is 0 Å². The maximum Gasteiger partial charge on any atom is 0.0827 e. The Morgan fingerprint density at radius 1 is 1.50 bits per heavy atom. The molecule has 0 amide bonds. The Bertz CT molecular complexity index is 192. The van der Waals surface area contributed by atoms with E-state index < -0.39 is 0 Å². The molecule has 0 aromatic carbocycles. The second-order valence-corrected chi connectivity index (χ2v) is 2.32. The molecule has 0 aliphatic heterocycles. The Hall–Kier alpha value is -0.860. The van der Waals surface area contributed by atoms with Gasteiger partial charge in [0.05, 0.1) is 5.69 Å². The average Bonchev–Trinajstić information content (AvgIpc) is 2.37. The Morgan fingerprint density at radius 2 is 2.30 bits per heavy atom. The Balaban J connectivity index is 2.59. The Morgan fingerprint density at radius 3 is 2.80 bits per heavy atom. The van der Waals surface area contributed by atoms with Crippen molar-refractivity contribution < 1.29 is 0 Å². The van der Waals surface area contributed by atoms with Crippen LogP contribution in [0.25, 0.3) is 0 Å². The normalized spacial score (nSPS) is 10.2. The molecule has 0 radical (unpaired) electrons. The van der Waals surface area contributed by atoms with E-state index in [1.54, 1.807) is 0 Å². The van der Waals surface area contributed by atoms with E-state index in [2.05, 4.69) is 24.2 Å². The minimum atomic E-state index is 0.913. The number of hydrogen-bond donors (Lipinski definition) is 0. The van der Waals surface area contributed by atoms with Crippen LogP contribution in [0.3, 0.4) is 0 Å². The molecule has 10 heavy (non-hydrogen) atoms. The number of nitrogens with zero attached hydrogens (tertiary/aromatic N) is 3. The van der Waals surface area contributed by atoms with Crippen LogP contribution in [-0.2, 0) is 13.0 Å². The third-order valence-corrected chi connectivity index (χ3v) is 1.42. The van der Waals surface area contributed by atoms with Crippen molar-refractivity contribution in [2.45, 2.75) is 33.2 Å². The first-order chi connectivity index (χ1) is 4.86. The van der Waals surface area contributed by atoms with Gasteiger partial charge in [-0.25, -0.2) is 0 Å². The minimum Gasteiger partial charge on any atom is -0.253 e. The van der Waals surface area contributed by atoms with Gasteiger partial charge in [-0.3, -0.25) is 4.68 Å². The van der Waals surface area contributed by atoms with Gasteiger partial charge in [0.2, 0.25) is 0 Å². The summed E-state index contributed by atoms with van der Waals surface area (Å²) in [6.07, 6.45) is 4.19. The van der Waals surface area contributed by atoms with Crippen LogP contribution in [0.1, 0.15) is 26.0 Å². The number of rotatable bonds is 3. The van der Waals surface area contributed by atoms with Crippen molar-refractivity contribution in [3.63, 3.8) is 0 Å². The first-order valence-corrected chi connectivity index (χ1v) is 3.75. The quantitative estimate of drug-likeness (QED) is 0.631. The fourth-order valence-corrected chi connectivity index (χ4v) is 0.864. The van der Waals surface area contributed by atoms with Crippen LogP contribution in [0.15, 0.2) is 6.20 Å². The molecule has 1 heterocycles. The van der Waals surface area contributed by atoms with Crippen LogP contribution in [0, 0.1) is 0 Å². The predicted molar refractivity (Wildman–Crippen MR) is 39.7 cm³/mol. The van der Waals surface area contributed by atoms with E-state index in [0.717, 1.165) is 25.1 Å². The van der Waals surface area contributed by atoms with Crippen LogP contribution >= 0.6 is 0 Å². The van der Waals surface area contributed by atoms with E-state index in [4.69, 9.17) is 0 Å². The lowest BCUT2D eigenvalue weighted by molar-refractivity contribution is 0.626. The van der Waals surface area contributed by atoms with E-state index in [1.165, 1.54) is 0 Å². The summed E-state index contributed by atoms with van der Waals surface area (Å²) >= 11 is 0. The highest BCUT2D eigenvalue weighted by molar-refractivity contribution is 4.91. The van der Waals surface area contributed by atoms with Crippen molar-refractivity contribution in [2.24, 2.45) is 0 Å². The van der Waals surface area contributed by atoms with E-state index in [1.807, 2.05) is 10.9 Å². The van der Waals surface area contributed by atoms with Crippen LogP contribution < -0.4 is 0 Å². The number of aryl methyl sites for hydroxylation is 2. The van der Waals surface area contributed by atoms with Gasteiger partial charge >= 0.3 is 0 Å². The highest BCUT2D eigenvalue weighted by atomic mass is 15.4. The zero-order valence-corrected chi connectivity index (χ0v) is 6.54. The van der Waals surface area contributed by atoms with Crippen LogP contribution in [0.2, 0.25) is 0 Å². The molecule has 0 unspecified atom stereocenters. The zero-order chi connectivity index (χ0) is 7.40. The average molecular weight is 139 g/mol. The van der Waals surface area contributed by atoms with Crippen molar-refractivity contribution in [2.75, 3.05) is 0 Å². The van der Waals surface area contributed by atoms with Crippen LogP contribution in [-0.4, -0.2) is 15.0 Å². The molecule has 0 aliphatic carbocycles. The molecule has 0 saturated carbocycles. The fraction of sp³-hybridized carbons (Fsp3) is 0.714. The van der Waals surface area contributed by atoms with E-state index >= 15 is 0 Å². The molecule has 3 nitrogen and oxygen atoms in total. The first-order valence-electron chi connectivity index (χ1n) is 3.75. The van der Waals surface area contributed by atoms with Gasteiger partial charge in [-0.05, 0) is 13.3 Å². The summed E-state index contributed by atoms with van der Waals surface area (Å²) in [6.45, 7) is 5.12. The summed E-state index contributed by atoms with van der Waals surface area (Å²) in [6, 6.07) is 0. The van der Waals surface area contributed by atoms with Crippen LogP contribution in [0.5, 0.6) is 0 Å². The van der Waals surface area contributed by atoms with Crippen molar-refractivity contribution >= 4 is 0 Å². The topological polar surface area (TPSA) is 30.7 Å². The van der Waals surface area contributed by atoms with Crippen molar-refractivity contribution in [1.82, 2.24) is 15.0 Å². The van der Waals surface area contributed by atoms with Gasteiger partial charge in [-0.1, -0.05) is 18.6 Å². The Kier molecular flexibility index (Phi) is 2.42. The number of aromatic nitrogens is 3. The van der Waals surface area contributed by atoms with Gasteiger partial charge in [0, 0.05) is 12.7 Å². The summed E-state index contributed by atoms with van der Waals surface area (Å²) in [7, 11) is 0. The van der Waals surface area contributed by atoms with Crippen molar-refractivity contribution in [3.05, 3.63) is 11.9 Å². The van der Waals surface area contributed by atoms with E-state index in [9.17, 15) is 0 Å². The molecule has 0 atom stereocenters. The lowest BCUT2D eigenvalue weighted by Crippen LogP contribution is -1.93. The molecule has 56 valence electrons. The molecule has 0 spiro atoms. The third-order valence-electron chi connectivity index (χ3n) is 1.42. The van der Waals surface area contributed by atoms with Crippen molar-refractivity contribution in [3.8, 4) is 0 Å². The Labute approximate surface area is 61.1 Å². The monoisotopic (exact) mass is 139 g/mol. The van der Waals surface area contributed by atoms with E-state index in [0.29, 0.717) is 0 Å². The molecular weight excluding hydrogens is 126 g/mol. The van der Waals surface area contributed by atoms with E-state index in [-0.39, 0.29) is 0 Å². The van der Waals surface area contributed by atoms with Crippen LogP contribution in [0.4, 0.5) is 0 Å². The molecular formula is C7H13N3. The maximum atomic E-state index is 3.99. The molecule has 1 aromatic rings. The molecule has 0 fully saturated rings. The summed E-state index contributed by atoms with van der Waals surface area (Å²) in [5.41, 5.74) is 1.10. The molecule has 0 bridgehead atoms. The zero-order valence-electron chi connectivity index (χ0n) is 6.54. The molecule has 3 heteroatoms. The molecule has 1 rings (SSSR count). The molecule has 1 aromatic heterocycles. The van der Waals surface area contributed by atoms with Gasteiger partial charge in [0.25, 0.3) is 0 Å². The van der Waals surface area contributed by atoms with Gasteiger partial charge in [-0.15, -0.1) is 5.10 Å². The van der Waals surface area contributed by atoms with Gasteiger partial charge < -0.3 is 0 Å². The predicted octanol–water partition coefficient (Wildman–Crippen LogP) is 1.25. The van der Waals surface area contributed by atoms with Gasteiger partial charge in [-0.2, -0.15) is 0 Å². The summed E-state index contributed by atoms with van der Waals surface area (Å²) in [4.78, 5) is 0. The summed E-state index contributed by atoms with van der Waals surface area (Å²) < 4.78 is 1.85. The second-order valence-electron chi connectivity index (χ2n) is 2.32. The smallest absolute Gasteiger partial charge is 0.0827 e. The van der Waals surface area contributed by atoms with Crippen molar-refractivity contribution in [1.29, 1.82) is 0 Å². The fourth-order valence-electron chi connectivity index (χ4n) is 0.864. The first kappa shape index (κ1) is 7.25. The molecule has 0 aliphatic rings. The summed E-state index contributed by atoms with van der Waals surface area (Å²) in [5, 5.41) is 7.91. The molecule has 0 N–H and O–H groups in total. The highest BCUT2D eigenvalue weighted by Crippen LogP contribution is 1.96. The van der Waals surface area contributed by atoms with Gasteiger partial charge in [0.15, 0.2) is 0 Å². The standard InChI is InChI=1S/C7H13N3/c1-3-5-7-6-10(4-2)9-8-7/h6H,3-5H2,1-2H3. The SMILES string of the molecule is CCCc1cn(CC)nn1. The number of hydrogen-bond acceptors (Lipinski definition) is 2. The minimum absolute atomic E-state index is 0.913. The molecule has 0 saturated heterocycles. The summed E-state index contributed by atoms with van der Waals surface area (Å²) in [5.74, 6) is 0. The lowest BCUT2D eigenvalue weighted by atomic mass is 10.3. The maximum absolute atomic E-state index is 3.99. The highest BCUT2D eigenvalue weighted by Gasteiger charge is 1.95. The third kappa shape index (κ3) is 1.56. The largest absolute Gasteiger partial charge is 0.253 e. The lowest BCUT2D eigenvalue weighted by Gasteiger charge is -1.88.